The molecule has 4 rings (SSSR count). The molecule has 2 aliphatic carbocycles. The highest BCUT2D eigenvalue weighted by molar-refractivity contribution is 5.52. The van der Waals surface area contributed by atoms with E-state index in [9.17, 15) is 0 Å². The van der Waals surface area contributed by atoms with Crippen LogP contribution in [0, 0.1) is 11.8 Å². The second-order valence-corrected chi connectivity index (χ2v) is 5.51. The molecule has 18 heavy (non-hydrogen) atoms. The summed E-state index contributed by atoms with van der Waals surface area (Å²) in [6.45, 7) is 0. The quantitative estimate of drug-likeness (QED) is 0.892. The first-order valence-electron chi connectivity index (χ1n) is 6.75. The molecule has 0 amide bonds. The summed E-state index contributed by atoms with van der Waals surface area (Å²) in [6, 6.07) is 9.29. The van der Waals surface area contributed by atoms with E-state index in [-0.39, 0.29) is 0 Å². The van der Waals surface area contributed by atoms with Gasteiger partial charge in [0.25, 0.3) is 0 Å². The number of aromatic nitrogens is 2. The highest BCUT2D eigenvalue weighted by atomic mass is 15.0. The van der Waals surface area contributed by atoms with Gasteiger partial charge in [-0.05, 0) is 49.3 Å². The maximum Gasteiger partial charge on any atom is 0.0991 e. The molecule has 3 atom stereocenters. The molecule has 1 heterocycles. The number of anilines is 1. The van der Waals surface area contributed by atoms with Crippen molar-refractivity contribution in [1.29, 1.82) is 0 Å². The Labute approximate surface area is 107 Å². The summed E-state index contributed by atoms with van der Waals surface area (Å²) in [5.41, 5.74) is 2.40. The standard InChI is InChI=1S/C15H17N3/c1-2-12(17-15-5-4-11-8-14(11)15)9-13(3-1)18-7-6-16-10-18/h1-3,6-7,9-11,14-15,17H,4-5,8H2. The highest BCUT2D eigenvalue weighted by Crippen LogP contribution is 2.52. The van der Waals surface area contributed by atoms with Crippen molar-refractivity contribution in [2.24, 2.45) is 11.8 Å². The molecule has 0 bridgehead atoms. The van der Waals surface area contributed by atoms with E-state index < -0.39 is 0 Å². The van der Waals surface area contributed by atoms with Gasteiger partial charge in [0.05, 0.1) is 6.33 Å². The molecule has 3 nitrogen and oxygen atoms in total. The van der Waals surface area contributed by atoms with E-state index in [1.165, 1.54) is 30.6 Å². The minimum absolute atomic E-state index is 0.702. The van der Waals surface area contributed by atoms with Crippen LogP contribution < -0.4 is 5.32 Å². The van der Waals surface area contributed by atoms with Crippen LogP contribution in [0.15, 0.2) is 43.0 Å². The van der Waals surface area contributed by atoms with Crippen LogP contribution in [0.3, 0.4) is 0 Å². The predicted molar refractivity (Wildman–Crippen MR) is 71.8 cm³/mol. The third-order valence-electron chi connectivity index (χ3n) is 4.34. The van der Waals surface area contributed by atoms with Crippen molar-refractivity contribution >= 4 is 5.69 Å². The fourth-order valence-electron chi connectivity index (χ4n) is 3.26. The van der Waals surface area contributed by atoms with Crippen LogP contribution in [-0.4, -0.2) is 15.6 Å². The number of hydrogen-bond donors (Lipinski definition) is 1. The van der Waals surface area contributed by atoms with E-state index in [1.807, 2.05) is 23.3 Å². The molecule has 2 fully saturated rings. The number of fused-ring (bicyclic) bond motifs is 1. The number of imidazole rings is 1. The fourth-order valence-corrected chi connectivity index (χ4v) is 3.26. The Morgan fingerprint density at radius 2 is 2.28 bits per heavy atom. The number of benzene rings is 1. The van der Waals surface area contributed by atoms with Gasteiger partial charge < -0.3 is 9.88 Å². The van der Waals surface area contributed by atoms with Crippen molar-refractivity contribution in [3.63, 3.8) is 0 Å². The van der Waals surface area contributed by atoms with E-state index in [2.05, 4.69) is 34.6 Å². The zero-order valence-electron chi connectivity index (χ0n) is 10.3. The molecule has 1 aromatic heterocycles. The summed E-state index contributed by atoms with van der Waals surface area (Å²) in [7, 11) is 0. The van der Waals surface area contributed by atoms with Gasteiger partial charge in [-0.15, -0.1) is 0 Å². The van der Waals surface area contributed by atoms with Crippen LogP contribution in [0.2, 0.25) is 0 Å². The molecule has 2 aromatic rings. The van der Waals surface area contributed by atoms with Gasteiger partial charge in [0, 0.05) is 29.8 Å². The van der Waals surface area contributed by atoms with Crippen LogP contribution in [0.1, 0.15) is 19.3 Å². The van der Waals surface area contributed by atoms with Crippen molar-refractivity contribution < 1.29 is 0 Å². The van der Waals surface area contributed by atoms with Gasteiger partial charge in [0.2, 0.25) is 0 Å². The molecular weight excluding hydrogens is 222 g/mol. The Bertz CT molecular complexity index is 547. The number of hydrogen-bond acceptors (Lipinski definition) is 2. The third kappa shape index (κ3) is 1.70. The lowest BCUT2D eigenvalue weighted by molar-refractivity contribution is 0.654. The maximum absolute atomic E-state index is 4.09. The van der Waals surface area contributed by atoms with E-state index in [0.717, 1.165) is 11.8 Å². The SMILES string of the molecule is c1cc(NC2CCC3CC32)cc(-n2ccnc2)c1. The zero-order valence-corrected chi connectivity index (χ0v) is 10.3. The van der Waals surface area contributed by atoms with Gasteiger partial charge in [-0.2, -0.15) is 0 Å². The van der Waals surface area contributed by atoms with Gasteiger partial charge in [0.1, 0.15) is 0 Å². The van der Waals surface area contributed by atoms with Crippen LogP contribution in [-0.2, 0) is 0 Å². The van der Waals surface area contributed by atoms with Gasteiger partial charge in [-0.3, -0.25) is 0 Å². The average molecular weight is 239 g/mol. The normalized spacial score (nSPS) is 29.0. The second kappa shape index (κ2) is 3.87. The van der Waals surface area contributed by atoms with Crippen LogP contribution in [0.25, 0.3) is 5.69 Å². The summed E-state index contributed by atoms with van der Waals surface area (Å²) in [5, 5.41) is 3.70. The zero-order chi connectivity index (χ0) is 11.9. The average Bonchev–Trinajstić information content (AvgIpc) is 2.83. The monoisotopic (exact) mass is 239 g/mol. The van der Waals surface area contributed by atoms with E-state index >= 15 is 0 Å². The number of nitrogens with one attached hydrogen (secondary N) is 1. The van der Waals surface area contributed by atoms with Gasteiger partial charge >= 0.3 is 0 Å². The smallest absolute Gasteiger partial charge is 0.0991 e. The van der Waals surface area contributed by atoms with Gasteiger partial charge in [-0.25, -0.2) is 4.98 Å². The maximum atomic E-state index is 4.09. The minimum atomic E-state index is 0.702. The first kappa shape index (κ1) is 10.2. The molecule has 0 aliphatic heterocycles. The lowest BCUT2D eigenvalue weighted by atomic mass is 10.1. The van der Waals surface area contributed by atoms with Crippen molar-refractivity contribution in [2.75, 3.05) is 5.32 Å². The third-order valence-corrected chi connectivity index (χ3v) is 4.34. The summed E-state index contributed by atoms with van der Waals surface area (Å²) >= 11 is 0. The Morgan fingerprint density at radius 3 is 3.00 bits per heavy atom. The number of nitrogens with zero attached hydrogens (tertiary/aromatic N) is 2. The molecule has 1 N–H and O–H groups in total. The number of rotatable bonds is 3. The fraction of sp³-hybridized carbons (Fsp3) is 0.400. The molecule has 0 radical (unpaired) electrons. The lowest BCUT2D eigenvalue weighted by Crippen LogP contribution is -2.18. The van der Waals surface area contributed by atoms with Crippen molar-refractivity contribution in [2.45, 2.75) is 25.3 Å². The van der Waals surface area contributed by atoms with E-state index in [1.54, 1.807) is 0 Å². The first-order valence-corrected chi connectivity index (χ1v) is 6.75. The van der Waals surface area contributed by atoms with E-state index in [4.69, 9.17) is 0 Å². The Balaban J connectivity index is 1.56. The van der Waals surface area contributed by atoms with E-state index in [0.29, 0.717) is 6.04 Å². The summed E-state index contributed by atoms with van der Waals surface area (Å²) in [4.78, 5) is 4.09. The molecule has 1 aromatic carbocycles. The molecule has 0 spiro atoms. The molecule has 2 aliphatic rings. The second-order valence-electron chi connectivity index (χ2n) is 5.51. The van der Waals surface area contributed by atoms with Crippen molar-refractivity contribution in [3.8, 4) is 5.69 Å². The van der Waals surface area contributed by atoms with Crippen molar-refractivity contribution in [3.05, 3.63) is 43.0 Å². The summed E-state index contributed by atoms with van der Waals surface area (Å²) in [5.74, 6) is 1.97. The van der Waals surface area contributed by atoms with Gasteiger partial charge in [0.15, 0.2) is 0 Å². The molecule has 3 unspecified atom stereocenters. The largest absolute Gasteiger partial charge is 0.382 e. The Hall–Kier alpha value is -1.77. The summed E-state index contributed by atoms with van der Waals surface area (Å²) < 4.78 is 2.04. The minimum Gasteiger partial charge on any atom is -0.382 e. The highest BCUT2D eigenvalue weighted by Gasteiger charge is 2.47. The molecular formula is C15H17N3. The van der Waals surface area contributed by atoms with Gasteiger partial charge in [-0.1, -0.05) is 6.07 Å². The van der Waals surface area contributed by atoms with Crippen LogP contribution in [0.5, 0.6) is 0 Å². The Kier molecular flexibility index (Phi) is 2.19. The predicted octanol–water partition coefficient (Wildman–Crippen LogP) is 3.08. The molecule has 0 saturated heterocycles. The Morgan fingerprint density at radius 1 is 1.28 bits per heavy atom. The van der Waals surface area contributed by atoms with Crippen molar-refractivity contribution in [1.82, 2.24) is 9.55 Å². The topological polar surface area (TPSA) is 29.9 Å². The molecule has 92 valence electrons. The molecule has 2 saturated carbocycles. The van der Waals surface area contributed by atoms with Crippen LogP contribution >= 0.6 is 0 Å². The lowest BCUT2D eigenvalue weighted by Gasteiger charge is -2.16. The molecule has 3 heteroatoms. The van der Waals surface area contributed by atoms with Crippen LogP contribution in [0.4, 0.5) is 5.69 Å². The summed E-state index contributed by atoms with van der Waals surface area (Å²) in [6.07, 6.45) is 9.83. The first-order chi connectivity index (χ1) is 8.90.